The average molecular weight is 306 g/mol. The second-order valence-electron chi connectivity index (χ2n) is 5.81. The summed E-state index contributed by atoms with van der Waals surface area (Å²) in [5.41, 5.74) is 6.49. The van der Waals surface area contributed by atoms with Gasteiger partial charge in [0, 0.05) is 23.2 Å². The number of rotatable bonds is 3. The van der Waals surface area contributed by atoms with Crippen LogP contribution in [0, 0.1) is 6.92 Å². The Labute approximate surface area is 135 Å². The maximum atomic E-state index is 4.83. The normalized spacial score (nSPS) is 13.4. The zero-order valence-corrected chi connectivity index (χ0v) is 13.4. The fourth-order valence-electron chi connectivity index (χ4n) is 3.06. The summed E-state index contributed by atoms with van der Waals surface area (Å²) in [5, 5.41) is 3.31. The third-order valence-corrected chi connectivity index (χ3v) is 5.09. The van der Waals surface area contributed by atoms with Gasteiger partial charge in [0.2, 0.25) is 0 Å². The van der Waals surface area contributed by atoms with Crippen LogP contribution in [0.3, 0.4) is 0 Å². The molecular weight excluding hydrogens is 288 g/mol. The number of hydrogen-bond acceptors (Lipinski definition) is 3. The molecule has 1 aliphatic rings. The van der Waals surface area contributed by atoms with E-state index in [1.54, 1.807) is 11.3 Å². The third-order valence-electron chi connectivity index (χ3n) is 4.15. The predicted molar refractivity (Wildman–Crippen MR) is 93.5 cm³/mol. The maximum Gasteiger partial charge on any atom is 0.123 e. The molecular formula is C19H18N2S. The van der Waals surface area contributed by atoms with Gasteiger partial charge < -0.3 is 4.90 Å². The molecule has 3 aromatic rings. The quantitative estimate of drug-likeness (QED) is 0.698. The summed E-state index contributed by atoms with van der Waals surface area (Å²) >= 11 is 1.74. The highest BCUT2D eigenvalue weighted by atomic mass is 32.1. The number of nitrogens with zero attached hydrogens (tertiary/aromatic N) is 2. The number of para-hydroxylation sites is 1. The van der Waals surface area contributed by atoms with Crippen molar-refractivity contribution in [2.45, 2.75) is 19.9 Å². The maximum absolute atomic E-state index is 4.83. The number of thiazole rings is 1. The standard InChI is InChI=1S/C19H18N2S/c1-14-5-4-7-16(11-14)19-20-17(13-22-19)12-21-10-9-15-6-2-3-8-18(15)21/h2-8,11,13H,9-10,12H2,1H3. The van der Waals surface area contributed by atoms with Crippen LogP contribution in [0.5, 0.6) is 0 Å². The van der Waals surface area contributed by atoms with Crippen LogP contribution in [0.2, 0.25) is 0 Å². The minimum Gasteiger partial charge on any atom is -0.365 e. The van der Waals surface area contributed by atoms with Crippen LogP contribution in [0.15, 0.2) is 53.9 Å². The predicted octanol–water partition coefficient (Wildman–Crippen LogP) is 4.68. The van der Waals surface area contributed by atoms with E-state index in [2.05, 4.69) is 65.7 Å². The summed E-state index contributed by atoms with van der Waals surface area (Å²) in [6.07, 6.45) is 1.14. The number of aryl methyl sites for hydroxylation is 1. The largest absolute Gasteiger partial charge is 0.365 e. The highest BCUT2D eigenvalue weighted by Crippen LogP contribution is 2.30. The lowest BCUT2D eigenvalue weighted by Crippen LogP contribution is -2.19. The molecule has 0 bridgehead atoms. The first kappa shape index (κ1) is 13.5. The second-order valence-corrected chi connectivity index (χ2v) is 6.67. The van der Waals surface area contributed by atoms with Crippen molar-refractivity contribution in [2.75, 3.05) is 11.4 Å². The molecule has 2 heterocycles. The molecule has 0 spiro atoms. The molecule has 1 aromatic heterocycles. The highest BCUT2D eigenvalue weighted by Gasteiger charge is 2.19. The molecule has 110 valence electrons. The SMILES string of the molecule is Cc1cccc(-c2nc(CN3CCc4ccccc43)cs2)c1. The van der Waals surface area contributed by atoms with Gasteiger partial charge in [0.05, 0.1) is 12.2 Å². The van der Waals surface area contributed by atoms with Gasteiger partial charge in [0.25, 0.3) is 0 Å². The molecule has 22 heavy (non-hydrogen) atoms. The molecule has 0 amide bonds. The molecule has 3 heteroatoms. The minimum absolute atomic E-state index is 0.902. The van der Waals surface area contributed by atoms with Crippen molar-refractivity contribution < 1.29 is 0 Å². The molecule has 2 nitrogen and oxygen atoms in total. The van der Waals surface area contributed by atoms with Crippen molar-refractivity contribution in [3.8, 4) is 10.6 Å². The minimum atomic E-state index is 0.902. The van der Waals surface area contributed by atoms with E-state index in [1.165, 1.54) is 28.1 Å². The van der Waals surface area contributed by atoms with Gasteiger partial charge in [-0.1, -0.05) is 42.0 Å². The Bertz CT molecular complexity index is 806. The molecule has 0 atom stereocenters. The zero-order valence-electron chi connectivity index (χ0n) is 12.6. The van der Waals surface area contributed by atoms with Crippen LogP contribution < -0.4 is 4.90 Å². The lowest BCUT2D eigenvalue weighted by atomic mass is 10.1. The molecule has 0 unspecified atom stereocenters. The first-order valence-electron chi connectivity index (χ1n) is 7.64. The monoisotopic (exact) mass is 306 g/mol. The lowest BCUT2D eigenvalue weighted by Gasteiger charge is -2.17. The van der Waals surface area contributed by atoms with Crippen LogP contribution in [-0.4, -0.2) is 11.5 Å². The molecule has 0 aliphatic carbocycles. The molecule has 0 radical (unpaired) electrons. The number of benzene rings is 2. The van der Waals surface area contributed by atoms with Crippen LogP contribution in [-0.2, 0) is 13.0 Å². The van der Waals surface area contributed by atoms with Crippen molar-refractivity contribution in [3.05, 3.63) is 70.7 Å². The smallest absolute Gasteiger partial charge is 0.123 e. The van der Waals surface area contributed by atoms with Crippen LogP contribution in [0.25, 0.3) is 10.6 Å². The van der Waals surface area contributed by atoms with Gasteiger partial charge in [-0.05, 0) is 31.0 Å². The van der Waals surface area contributed by atoms with Gasteiger partial charge in [0.15, 0.2) is 0 Å². The van der Waals surface area contributed by atoms with Crippen molar-refractivity contribution >= 4 is 17.0 Å². The molecule has 0 fully saturated rings. The topological polar surface area (TPSA) is 16.1 Å². The third kappa shape index (κ3) is 2.53. The van der Waals surface area contributed by atoms with E-state index in [1.807, 2.05) is 0 Å². The number of fused-ring (bicyclic) bond motifs is 1. The summed E-state index contributed by atoms with van der Waals surface area (Å²) in [6.45, 7) is 4.12. The van der Waals surface area contributed by atoms with E-state index in [0.29, 0.717) is 0 Å². The van der Waals surface area contributed by atoms with Crippen molar-refractivity contribution in [1.82, 2.24) is 4.98 Å². The molecule has 4 rings (SSSR count). The molecule has 2 aromatic carbocycles. The Morgan fingerprint density at radius 3 is 2.95 bits per heavy atom. The average Bonchev–Trinajstić information content (AvgIpc) is 3.16. The summed E-state index contributed by atoms with van der Waals surface area (Å²) < 4.78 is 0. The second kappa shape index (κ2) is 5.58. The Kier molecular flexibility index (Phi) is 3.43. The van der Waals surface area contributed by atoms with E-state index in [-0.39, 0.29) is 0 Å². The van der Waals surface area contributed by atoms with E-state index in [4.69, 9.17) is 4.98 Å². The van der Waals surface area contributed by atoms with Gasteiger partial charge in [-0.25, -0.2) is 4.98 Å². The fraction of sp³-hybridized carbons (Fsp3) is 0.211. The molecule has 1 aliphatic heterocycles. The van der Waals surface area contributed by atoms with Gasteiger partial charge in [-0.2, -0.15) is 0 Å². The van der Waals surface area contributed by atoms with Gasteiger partial charge in [-0.3, -0.25) is 0 Å². The highest BCUT2D eigenvalue weighted by molar-refractivity contribution is 7.13. The summed E-state index contributed by atoms with van der Waals surface area (Å²) in [7, 11) is 0. The first-order valence-corrected chi connectivity index (χ1v) is 8.52. The van der Waals surface area contributed by atoms with Crippen molar-refractivity contribution in [1.29, 1.82) is 0 Å². The summed E-state index contributed by atoms with van der Waals surface area (Å²) in [4.78, 5) is 7.27. The van der Waals surface area contributed by atoms with E-state index in [9.17, 15) is 0 Å². The number of hydrogen-bond donors (Lipinski definition) is 0. The van der Waals surface area contributed by atoms with Crippen LogP contribution in [0.1, 0.15) is 16.8 Å². The Balaban J connectivity index is 1.56. The summed E-state index contributed by atoms with van der Waals surface area (Å²) in [5.74, 6) is 0. The molecule has 0 saturated heterocycles. The summed E-state index contributed by atoms with van der Waals surface area (Å²) in [6, 6.07) is 17.3. The van der Waals surface area contributed by atoms with Crippen molar-refractivity contribution in [3.63, 3.8) is 0 Å². The number of aromatic nitrogens is 1. The van der Waals surface area contributed by atoms with Crippen LogP contribution >= 0.6 is 11.3 Å². The van der Waals surface area contributed by atoms with E-state index in [0.717, 1.165) is 24.5 Å². The zero-order chi connectivity index (χ0) is 14.9. The van der Waals surface area contributed by atoms with Crippen LogP contribution in [0.4, 0.5) is 5.69 Å². The Hall–Kier alpha value is -2.13. The van der Waals surface area contributed by atoms with Crippen molar-refractivity contribution in [2.24, 2.45) is 0 Å². The van der Waals surface area contributed by atoms with E-state index >= 15 is 0 Å². The van der Waals surface area contributed by atoms with Gasteiger partial charge in [0.1, 0.15) is 5.01 Å². The van der Waals surface area contributed by atoms with Gasteiger partial charge in [-0.15, -0.1) is 11.3 Å². The Morgan fingerprint density at radius 1 is 1.14 bits per heavy atom. The fourth-order valence-corrected chi connectivity index (χ4v) is 3.86. The Morgan fingerprint density at radius 2 is 2.05 bits per heavy atom. The van der Waals surface area contributed by atoms with E-state index < -0.39 is 0 Å². The lowest BCUT2D eigenvalue weighted by molar-refractivity contribution is 0.820. The first-order chi connectivity index (χ1) is 10.8. The number of anilines is 1. The molecule has 0 N–H and O–H groups in total. The van der Waals surface area contributed by atoms with Gasteiger partial charge >= 0.3 is 0 Å². The molecule has 0 saturated carbocycles.